The number of carbonyl (C=O) groups is 1. The number of aliphatic hydroxyl groups excluding tert-OH is 1. The van der Waals surface area contributed by atoms with E-state index in [2.05, 4.69) is 0 Å². The van der Waals surface area contributed by atoms with Gasteiger partial charge in [0.25, 0.3) is 0 Å². The molecule has 1 heterocycles. The van der Waals surface area contributed by atoms with Crippen LogP contribution in [0.2, 0.25) is 0 Å². The van der Waals surface area contributed by atoms with Crippen LogP contribution in [0.3, 0.4) is 0 Å². The van der Waals surface area contributed by atoms with Crippen molar-refractivity contribution in [1.29, 1.82) is 0 Å². The van der Waals surface area contributed by atoms with Gasteiger partial charge in [0.15, 0.2) is 0 Å². The van der Waals surface area contributed by atoms with Gasteiger partial charge in [-0.2, -0.15) is 0 Å². The minimum absolute atomic E-state index is 0. The average molecular weight is 341 g/mol. The highest BCUT2D eigenvalue weighted by Gasteiger charge is 2.34. The Bertz CT molecular complexity index is 493. The third-order valence-electron chi connectivity index (χ3n) is 4.64. The van der Waals surface area contributed by atoms with Gasteiger partial charge in [0, 0.05) is 13.1 Å². The van der Waals surface area contributed by atoms with E-state index in [1.165, 1.54) is 0 Å². The molecule has 1 aliphatic rings. The largest absolute Gasteiger partial charge is 0.388 e. The van der Waals surface area contributed by atoms with E-state index in [1.54, 1.807) is 0 Å². The highest BCUT2D eigenvalue weighted by atomic mass is 35.5. The van der Waals surface area contributed by atoms with Crippen molar-refractivity contribution in [1.82, 2.24) is 4.90 Å². The van der Waals surface area contributed by atoms with Crippen molar-refractivity contribution in [2.75, 3.05) is 13.1 Å². The lowest BCUT2D eigenvalue weighted by Gasteiger charge is -2.37. The van der Waals surface area contributed by atoms with Crippen molar-refractivity contribution in [3.8, 4) is 0 Å². The molecule has 0 aliphatic carbocycles. The first-order chi connectivity index (χ1) is 10.3. The Morgan fingerprint density at radius 3 is 2.22 bits per heavy atom. The summed E-state index contributed by atoms with van der Waals surface area (Å²) in [5.74, 6) is 0.234. The lowest BCUT2D eigenvalue weighted by atomic mass is 9.84. The van der Waals surface area contributed by atoms with Gasteiger partial charge in [-0.3, -0.25) is 4.79 Å². The van der Waals surface area contributed by atoms with E-state index in [1.807, 2.05) is 56.0 Å². The van der Waals surface area contributed by atoms with Crippen LogP contribution in [0.1, 0.15) is 45.3 Å². The molecular formula is C18H29ClN2O2. The predicted octanol–water partition coefficient (Wildman–Crippen LogP) is 2.75. The first-order valence-corrected chi connectivity index (χ1v) is 8.08. The SMILES string of the molecule is CC(C)(C)[C@H](N)C(=O)N1CCC(C(O)c2ccccc2)CC1.Cl. The molecule has 3 N–H and O–H groups in total. The van der Waals surface area contributed by atoms with Gasteiger partial charge in [0.1, 0.15) is 0 Å². The summed E-state index contributed by atoms with van der Waals surface area (Å²) in [6.45, 7) is 7.32. The molecule has 1 unspecified atom stereocenters. The molecule has 0 spiro atoms. The molecule has 23 heavy (non-hydrogen) atoms. The first-order valence-electron chi connectivity index (χ1n) is 8.08. The number of hydrogen-bond acceptors (Lipinski definition) is 3. The number of rotatable bonds is 3. The molecule has 2 rings (SSSR count). The van der Waals surface area contributed by atoms with Crippen molar-refractivity contribution >= 4 is 18.3 Å². The molecule has 0 radical (unpaired) electrons. The predicted molar refractivity (Wildman–Crippen MR) is 95.4 cm³/mol. The first kappa shape index (κ1) is 19.9. The minimum Gasteiger partial charge on any atom is -0.388 e. The number of aliphatic hydroxyl groups is 1. The third-order valence-corrected chi connectivity index (χ3v) is 4.64. The van der Waals surface area contributed by atoms with Crippen molar-refractivity contribution in [2.24, 2.45) is 17.1 Å². The molecule has 4 nitrogen and oxygen atoms in total. The Labute approximate surface area is 145 Å². The van der Waals surface area contributed by atoms with Crippen molar-refractivity contribution in [3.63, 3.8) is 0 Å². The molecule has 1 aromatic carbocycles. The number of hydrogen-bond donors (Lipinski definition) is 2. The maximum atomic E-state index is 12.4. The molecular weight excluding hydrogens is 312 g/mol. The van der Waals surface area contributed by atoms with Crippen LogP contribution in [0.4, 0.5) is 0 Å². The number of likely N-dealkylation sites (tertiary alicyclic amines) is 1. The Balaban J connectivity index is 0.00000264. The summed E-state index contributed by atoms with van der Waals surface area (Å²) in [7, 11) is 0. The molecule has 1 aliphatic heterocycles. The molecule has 5 heteroatoms. The number of carbonyl (C=O) groups excluding carboxylic acids is 1. The van der Waals surface area contributed by atoms with Crippen LogP contribution < -0.4 is 5.73 Å². The number of piperidine rings is 1. The average Bonchev–Trinajstić information content (AvgIpc) is 2.53. The van der Waals surface area contributed by atoms with Gasteiger partial charge in [0.2, 0.25) is 5.91 Å². The summed E-state index contributed by atoms with van der Waals surface area (Å²) < 4.78 is 0. The molecule has 2 atom stereocenters. The molecule has 0 aromatic heterocycles. The van der Waals surface area contributed by atoms with Crippen LogP contribution >= 0.6 is 12.4 Å². The number of nitrogens with two attached hydrogens (primary N) is 1. The van der Waals surface area contributed by atoms with Crippen LogP contribution in [-0.2, 0) is 4.79 Å². The topological polar surface area (TPSA) is 66.6 Å². The van der Waals surface area contributed by atoms with E-state index in [9.17, 15) is 9.90 Å². The van der Waals surface area contributed by atoms with Gasteiger partial charge in [-0.05, 0) is 29.7 Å². The number of benzene rings is 1. The fourth-order valence-corrected chi connectivity index (χ4v) is 2.93. The maximum absolute atomic E-state index is 12.4. The van der Waals surface area contributed by atoms with Crippen molar-refractivity contribution in [3.05, 3.63) is 35.9 Å². The van der Waals surface area contributed by atoms with Gasteiger partial charge in [-0.25, -0.2) is 0 Å². The van der Waals surface area contributed by atoms with Gasteiger partial charge in [0.05, 0.1) is 12.1 Å². The molecule has 1 fully saturated rings. The molecule has 0 saturated carbocycles. The van der Waals surface area contributed by atoms with Crippen molar-refractivity contribution in [2.45, 2.75) is 45.8 Å². The summed E-state index contributed by atoms with van der Waals surface area (Å²) in [5.41, 5.74) is 6.80. The second-order valence-electron chi connectivity index (χ2n) is 7.36. The number of halogens is 1. The summed E-state index contributed by atoms with van der Waals surface area (Å²) in [6, 6.07) is 9.28. The zero-order chi connectivity index (χ0) is 16.3. The van der Waals surface area contributed by atoms with Gasteiger partial charge < -0.3 is 15.7 Å². The monoisotopic (exact) mass is 340 g/mol. The highest BCUT2D eigenvalue weighted by Crippen LogP contribution is 2.31. The normalized spacial score (nSPS) is 18.9. The van der Waals surface area contributed by atoms with E-state index < -0.39 is 12.1 Å². The molecule has 1 aromatic rings. The summed E-state index contributed by atoms with van der Waals surface area (Å²) >= 11 is 0. The quantitative estimate of drug-likeness (QED) is 0.889. The zero-order valence-electron chi connectivity index (χ0n) is 14.2. The Morgan fingerprint density at radius 1 is 1.22 bits per heavy atom. The lowest BCUT2D eigenvalue weighted by Crippen LogP contribution is -2.52. The second kappa shape index (κ2) is 8.13. The zero-order valence-corrected chi connectivity index (χ0v) is 15.1. The fourth-order valence-electron chi connectivity index (χ4n) is 2.93. The van der Waals surface area contributed by atoms with Gasteiger partial charge in [-0.15, -0.1) is 12.4 Å². The van der Waals surface area contributed by atoms with Crippen LogP contribution in [0.15, 0.2) is 30.3 Å². The minimum atomic E-state index is -0.469. The Hall–Kier alpha value is -1.10. The summed E-state index contributed by atoms with van der Waals surface area (Å²) in [4.78, 5) is 14.3. The molecule has 1 saturated heterocycles. The molecule has 1 amide bonds. The fraction of sp³-hybridized carbons (Fsp3) is 0.611. The third kappa shape index (κ3) is 4.93. The second-order valence-corrected chi connectivity index (χ2v) is 7.36. The maximum Gasteiger partial charge on any atom is 0.240 e. The van der Waals surface area contributed by atoms with Crippen LogP contribution in [0.5, 0.6) is 0 Å². The highest BCUT2D eigenvalue weighted by molar-refractivity contribution is 5.85. The molecule has 0 bridgehead atoms. The van der Waals surface area contributed by atoms with Crippen LogP contribution in [0.25, 0.3) is 0 Å². The standard InChI is InChI=1S/C18H28N2O2.ClH/c1-18(2,3)16(19)17(22)20-11-9-14(10-12-20)15(21)13-7-5-4-6-8-13;/h4-8,14-16,21H,9-12,19H2,1-3H3;1H/t15?,16-;/m1./s1. The van der Waals surface area contributed by atoms with E-state index in [0.717, 1.165) is 18.4 Å². The van der Waals surface area contributed by atoms with Gasteiger partial charge in [-0.1, -0.05) is 51.1 Å². The van der Waals surface area contributed by atoms with E-state index >= 15 is 0 Å². The number of nitrogens with zero attached hydrogens (tertiary/aromatic N) is 1. The summed E-state index contributed by atoms with van der Waals surface area (Å²) in [6.07, 6.45) is 1.19. The van der Waals surface area contributed by atoms with Crippen molar-refractivity contribution < 1.29 is 9.90 Å². The van der Waals surface area contributed by atoms with Crippen LogP contribution in [-0.4, -0.2) is 35.0 Å². The Kier molecular flexibility index (Phi) is 7.05. The Morgan fingerprint density at radius 2 is 1.74 bits per heavy atom. The van der Waals surface area contributed by atoms with Gasteiger partial charge >= 0.3 is 0 Å². The smallest absolute Gasteiger partial charge is 0.240 e. The molecule has 130 valence electrons. The van der Waals surface area contributed by atoms with E-state index in [-0.39, 0.29) is 29.6 Å². The van der Waals surface area contributed by atoms with E-state index in [4.69, 9.17) is 5.73 Å². The van der Waals surface area contributed by atoms with E-state index in [0.29, 0.717) is 13.1 Å². The summed E-state index contributed by atoms with van der Waals surface area (Å²) in [5, 5.41) is 10.5. The number of amides is 1. The lowest BCUT2D eigenvalue weighted by molar-refractivity contribution is -0.137. The van der Waals surface area contributed by atoms with Crippen LogP contribution in [0, 0.1) is 11.3 Å².